The van der Waals surface area contributed by atoms with Gasteiger partial charge < -0.3 is 15.4 Å². The number of amides is 2. The second-order valence-corrected chi connectivity index (χ2v) is 8.13. The molecule has 168 valence electrons. The molecule has 9 heteroatoms. The first kappa shape index (κ1) is 21.9. The summed E-state index contributed by atoms with van der Waals surface area (Å²) in [6.07, 6.45) is 2.88. The Morgan fingerprint density at radius 2 is 2.03 bits per heavy atom. The van der Waals surface area contributed by atoms with E-state index in [-0.39, 0.29) is 13.2 Å². The molecule has 0 saturated carbocycles. The van der Waals surface area contributed by atoms with E-state index in [2.05, 4.69) is 14.9 Å². The molecule has 2 aromatic rings. The zero-order chi connectivity index (χ0) is 22.9. The van der Waals surface area contributed by atoms with Crippen LogP contribution in [0, 0.1) is 5.82 Å². The molecule has 2 saturated heterocycles. The van der Waals surface area contributed by atoms with Gasteiger partial charge in [-0.2, -0.15) is 9.28 Å². The number of cyclic esters (lactones) is 1. The molecule has 8 nitrogen and oxygen atoms in total. The van der Waals surface area contributed by atoms with Crippen LogP contribution >= 0.6 is 0 Å². The number of nitrogens with zero attached hydrogens (tertiary/aromatic N) is 4. The third-order valence-corrected chi connectivity index (χ3v) is 6.52. The Morgan fingerprint density at radius 1 is 1.28 bits per heavy atom. The van der Waals surface area contributed by atoms with Crippen LogP contribution in [0.2, 0.25) is 0 Å². The van der Waals surface area contributed by atoms with Crippen LogP contribution < -0.4 is 15.1 Å². The lowest BCUT2D eigenvalue weighted by Crippen LogP contribution is -2.61. The van der Waals surface area contributed by atoms with E-state index in [1.165, 1.54) is 11.8 Å². The largest absolute Gasteiger partial charge is 0.522 e. The number of hydrogen-bond acceptors (Lipinski definition) is 6. The van der Waals surface area contributed by atoms with Crippen molar-refractivity contribution >= 4 is 29.2 Å². The first-order valence-corrected chi connectivity index (χ1v) is 10.7. The molecule has 2 fully saturated rings. The van der Waals surface area contributed by atoms with Gasteiger partial charge in [0.25, 0.3) is 5.91 Å². The van der Waals surface area contributed by atoms with E-state index in [0.717, 1.165) is 31.7 Å². The monoisotopic (exact) mass is 440 g/mol. The predicted octanol–water partition coefficient (Wildman–Crippen LogP) is 2.89. The summed E-state index contributed by atoms with van der Waals surface area (Å²) >= 11 is 0. The molecule has 0 radical (unpaired) electrons. The molecular weight excluding hydrogens is 413 g/mol. The quantitative estimate of drug-likeness (QED) is 0.721. The van der Waals surface area contributed by atoms with Crippen LogP contribution in [0.25, 0.3) is 11.1 Å². The van der Waals surface area contributed by atoms with Crippen molar-refractivity contribution in [2.75, 3.05) is 38.2 Å². The average Bonchev–Trinajstić information content (AvgIpc) is 3.20. The number of halogens is 1. The summed E-state index contributed by atoms with van der Waals surface area (Å²) in [5, 5.41) is 0. The zero-order valence-electron chi connectivity index (χ0n) is 18.3. The molecule has 1 aromatic heterocycles. The van der Waals surface area contributed by atoms with Crippen molar-refractivity contribution in [3.05, 3.63) is 42.3 Å². The van der Waals surface area contributed by atoms with Gasteiger partial charge in [-0.25, -0.2) is 9.37 Å². The van der Waals surface area contributed by atoms with Gasteiger partial charge in [-0.15, -0.1) is 0 Å². The first-order chi connectivity index (χ1) is 15.4. The summed E-state index contributed by atoms with van der Waals surface area (Å²) < 4.78 is 19.8. The molecule has 2 unspecified atom stereocenters. The summed E-state index contributed by atoms with van der Waals surface area (Å²) in [6, 6.07) is 7.38. The fraction of sp³-hybridized carbons (Fsp3) is 0.391. The highest BCUT2D eigenvalue weighted by molar-refractivity contribution is 5.93. The van der Waals surface area contributed by atoms with Gasteiger partial charge in [0.2, 0.25) is 0 Å². The highest BCUT2D eigenvalue weighted by Gasteiger charge is 2.53. The average molecular weight is 440 g/mol. The zero-order valence-corrected chi connectivity index (χ0v) is 18.3. The lowest BCUT2D eigenvalue weighted by atomic mass is 10.0. The van der Waals surface area contributed by atoms with Gasteiger partial charge in [0.1, 0.15) is 30.5 Å². The maximum Gasteiger partial charge on any atom is 0.522 e. The van der Waals surface area contributed by atoms with E-state index in [1.807, 2.05) is 19.2 Å². The van der Waals surface area contributed by atoms with Crippen LogP contribution in [0.15, 0.2) is 41.5 Å². The Kier molecular flexibility index (Phi) is 5.92. The number of anilines is 1. The third-order valence-electron chi connectivity index (χ3n) is 6.52. The number of primary amides is 1. The second-order valence-electron chi connectivity index (χ2n) is 8.13. The van der Waals surface area contributed by atoms with Crippen molar-refractivity contribution in [3.63, 3.8) is 0 Å². The van der Waals surface area contributed by atoms with Gasteiger partial charge >= 0.3 is 6.09 Å². The number of rotatable bonds is 5. The van der Waals surface area contributed by atoms with E-state index >= 15 is 4.39 Å². The van der Waals surface area contributed by atoms with Crippen LogP contribution in [-0.2, 0) is 9.53 Å². The number of nitrogens with two attached hydrogens (primary N) is 1. The van der Waals surface area contributed by atoms with Gasteiger partial charge in [0, 0.05) is 68.1 Å². The fourth-order valence-electron chi connectivity index (χ4n) is 4.45. The van der Waals surface area contributed by atoms with Crippen molar-refractivity contribution < 1.29 is 18.7 Å². The minimum absolute atomic E-state index is 0.146. The van der Waals surface area contributed by atoms with Crippen LogP contribution in [0.5, 0.6) is 0 Å². The lowest BCUT2D eigenvalue weighted by Gasteiger charge is -2.32. The second kappa shape index (κ2) is 8.66. The van der Waals surface area contributed by atoms with Gasteiger partial charge in [0.05, 0.1) is 0 Å². The molecule has 0 bridgehead atoms. The molecule has 32 heavy (non-hydrogen) atoms. The summed E-state index contributed by atoms with van der Waals surface area (Å²) in [7, 11) is 1.82. The van der Waals surface area contributed by atoms with Crippen LogP contribution in [-0.4, -0.2) is 62.0 Å². The van der Waals surface area contributed by atoms with Crippen molar-refractivity contribution in [2.24, 2.45) is 10.7 Å². The number of hydrogen-bond donors (Lipinski definition) is 1. The summed E-state index contributed by atoms with van der Waals surface area (Å²) in [6.45, 7) is 3.64. The number of carbonyl (C=O) groups is 2. The molecule has 0 spiro atoms. The maximum atomic E-state index is 15.2. The van der Waals surface area contributed by atoms with Crippen molar-refractivity contribution in [1.29, 1.82) is 0 Å². The van der Waals surface area contributed by atoms with Crippen molar-refractivity contribution in [2.45, 2.75) is 25.8 Å². The Labute approximate surface area is 186 Å². The molecule has 2 atom stereocenters. The molecule has 4 rings (SSSR count). The Hall–Kier alpha value is -3.33. The maximum absolute atomic E-state index is 15.2. The SMILES string of the molecule is CN=C1CCN(c2ccc(-c3ccc([N+]4(C(C)C(N)=O)CCOC4=O)cc3F)cn2)CC1. The highest BCUT2D eigenvalue weighted by Crippen LogP contribution is 2.35. The topological polar surface area (TPSA) is 97.9 Å². The molecule has 1 aromatic carbocycles. The number of carbonyl (C=O) groups excluding carboxylic acids is 2. The van der Waals surface area contributed by atoms with Crippen molar-refractivity contribution in [1.82, 2.24) is 9.47 Å². The molecule has 3 heterocycles. The summed E-state index contributed by atoms with van der Waals surface area (Å²) in [5.74, 6) is -0.309. The Bertz CT molecular complexity index is 1060. The van der Waals surface area contributed by atoms with Gasteiger partial charge in [-0.05, 0) is 25.1 Å². The van der Waals surface area contributed by atoms with Crippen molar-refractivity contribution in [3.8, 4) is 11.1 Å². The number of aromatic nitrogens is 1. The standard InChI is InChI=1S/C23H26FN5O3/c1-15(22(25)30)29(11-12-32-23(29)31)18-4-5-19(20(24)13-18)16-3-6-21(27-14-16)28-9-7-17(26-2)8-10-28/h3-6,13-15H,7-12H2,1-2H3,(H-,25,30)/p+1. The molecule has 2 amide bonds. The summed E-state index contributed by atoms with van der Waals surface area (Å²) in [4.78, 5) is 35.4. The number of benzene rings is 1. The van der Waals surface area contributed by atoms with Crippen LogP contribution in [0.1, 0.15) is 19.8 Å². The normalized spacial score (nSPS) is 21.9. The van der Waals surface area contributed by atoms with E-state index in [1.54, 1.807) is 25.3 Å². The number of aliphatic imine (C=N–C) groups is 1. The van der Waals surface area contributed by atoms with E-state index in [4.69, 9.17) is 10.5 Å². The third kappa shape index (κ3) is 3.73. The Morgan fingerprint density at radius 3 is 2.56 bits per heavy atom. The van der Waals surface area contributed by atoms with Crippen LogP contribution in [0.3, 0.4) is 0 Å². The first-order valence-electron chi connectivity index (χ1n) is 10.7. The minimum atomic E-state index is -0.876. The van der Waals surface area contributed by atoms with Gasteiger partial charge in [-0.3, -0.25) is 9.79 Å². The number of quaternary nitrogens is 1. The van der Waals surface area contributed by atoms with E-state index in [9.17, 15) is 9.59 Å². The lowest BCUT2D eigenvalue weighted by molar-refractivity contribution is -0.121. The number of ether oxygens (including phenoxy) is 1. The smallest absolute Gasteiger partial charge is 0.414 e. The van der Waals surface area contributed by atoms with Crippen LogP contribution in [0.4, 0.5) is 20.7 Å². The molecule has 2 N–H and O–H groups in total. The molecule has 0 aliphatic carbocycles. The molecule has 2 aliphatic rings. The van der Waals surface area contributed by atoms with Gasteiger partial charge in [-0.1, -0.05) is 0 Å². The minimum Gasteiger partial charge on any atom is -0.414 e. The number of piperidine rings is 1. The molecular formula is C23H27FN5O3+. The summed E-state index contributed by atoms with van der Waals surface area (Å²) in [5.41, 5.74) is 8.02. The Balaban J connectivity index is 1.60. The number of pyridine rings is 1. The molecule has 2 aliphatic heterocycles. The fourth-order valence-corrected chi connectivity index (χ4v) is 4.45. The van der Waals surface area contributed by atoms with Gasteiger partial charge in [0.15, 0.2) is 6.04 Å². The van der Waals surface area contributed by atoms with E-state index in [0.29, 0.717) is 16.8 Å². The predicted molar refractivity (Wildman–Crippen MR) is 121 cm³/mol. The highest BCUT2D eigenvalue weighted by atomic mass is 19.1. The van der Waals surface area contributed by atoms with E-state index < -0.39 is 28.3 Å².